The molecule has 3 heteroatoms. The molecule has 0 amide bonds. The maximum absolute atomic E-state index is 8.76. The molecular weight excluding hydrogens is 208 g/mol. The summed E-state index contributed by atoms with van der Waals surface area (Å²) in [6, 6.07) is 9.87. The van der Waals surface area contributed by atoms with Crippen LogP contribution in [0.25, 0.3) is 10.9 Å². The van der Waals surface area contributed by atoms with Crippen molar-refractivity contribution >= 4 is 22.5 Å². The third kappa shape index (κ3) is 1.60. The second-order valence-electron chi connectivity index (χ2n) is 3.30. The van der Waals surface area contributed by atoms with Gasteiger partial charge in [0.25, 0.3) is 0 Å². The van der Waals surface area contributed by atoms with Gasteiger partial charge in [0.05, 0.1) is 11.6 Å². The number of hydrogen-bond acceptors (Lipinski definition) is 1. The van der Waals surface area contributed by atoms with Crippen molar-refractivity contribution in [3.05, 3.63) is 41.9 Å². The van der Waals surface area contributed by atoms with E-state index < -0.39 is 0 Å². The van der Waals surface area contributed by atoms with Gasteiger partial charge in [-0.15, -0.1) is 0 Å². The molecular formula is C12H10ClN2. The normalized spacial score (nSPS) is 10.5. The molecule has 2 nitrogen and oxygen atoms in total. The first-order valence-corrected chi connectivity index (χ1v) is 5.08. The lowest BCUT2D eigenvalue weighted by Crippen LogP contribution is -1.99. The molecule has 0 aliphatic heterocycles. The van der Waals surface area contributed by atoms with Crippen LogP contribution < -0.4 is 0 Å². The molecule has 15 heavy (non-hydrogen) atoms. The highest BCUT2D eigenvalue weighted by atomic mass is 35.5. The molecule has 1 aromatic heterocycles. The zero-order valence-corrected chi connectivity index (χ0v) is 8.96. The molecule has 2 rings (SSSR count). The number of fused-ring (bicyclic) bond motifs is 1. The average Bonchev–Trinajstić information content (AvgIpc) is 2.59. The zero-order chi connectivity index (χ0) is 10.8. The molecule has 75 valence electrons. The lowest BCUT2D eigenvalue weighted by molar-refractivity contribution is 0.818. The first-order valence-electron chi connectivity index (χ1n) is 4.70. The fourth-order valence-electron chi connectivity index (χ4n) is 1.77. The fourth-order valence-corrected chi connectivity index (χ4v) is 1.99. The van der Waals surface area contributed by atoms with E-state index in [1.165, 1.54) is 0 Å². The summed E-state index contributed by atoms with van der Waals surface area (Å²) in [6.07, 6.45) is 0.659. The van der Waals surface area contributed by atoms with Crippen LogP contribution in [-0.4, -0.2) is 4.57 Å². The van der Waals surface area contributed by atoms with Crippen LogP contribution in [0.5, 0.6) is 0 Å². The van der Waals surface area contributed by atoms with Crippen molar-refractivity contribution < 1.29 is 0 Å². The minimum absolute atomic E-state index is 0.342. The largest absolute Gasteiger partial charge is 0.331 e. The van der Waals surface area contributed by atoms with E-state index in [1.807, 2.05) is 28.8 Å². The van der Waals surface area contributed by atoms with Crippen molar-refractivity contribution in [1.82, 2.24) is 4.57 Å². The van der Waals surface area contributed by atoms with E-state index in [2.05, 4.69) is 13.0 Å². The highest BCUT2D eigenvalue weighted by molar-refractivity contribution is 6.35. The summed E-state index contributed by atoms with van der Waals surface area (Å²) >= 11 is 6.08. The van der Waals surface area contributed by atoms with Crippen molar-refractivity contribution in [3.8, 4) is 6.07 Å². The highest BCUT2D eigenvalue weighted by Crippen LogP contribution is 2.27. The van der Waals surface area contributed by atoms with Crippen LogP contribution in [0, 0.1) is 18.3 Å². The van der Waals surface area contributed by atoms with Gasteiger partial charge in [-0.05, 0) is 31.5 Å². The molecule has 0 spiro atoms. The summed E-state index contributed by atoms with van der Waals surface area (Å²) in [4.78, 5) is 0. The quantitative estimate of drug-likeness (QED) is 0.760. The second-order valence-corrected chi connectivity index (χ2v) is 3.71. The molecule has 0 N–H and O–H groups in total. The molecule has 2 aromatic rings. The molecule has 0 saturated carbocycles. The van der Waals surface area contributed by atoms with Gasteiger partial charge in [-0.2, -0.15) is 5.26 Å². The smallest absolute Gasteiger partial charge is 0.110 e. The van der Waals surface area contributed by atoms with Crippen molar-refractivity contribution in [2.24, 2.45) is 0 Å². The zero-order valence-electron chi connectivity index (χ0n) is 8.20. The summed E-state index contributed by atoms with van der Waals surface area (Å²) < 4.78 is 1.95. The monoisotopic (exact) mass is 217 g/mol. The van der Waals surface area contributed by atoms with Gasteiger partial charge in [-0.3, -0.25) is 0 Å². The van der Waals surface area contributed by atoms with Crippen LogP contribution in [0.3, 0.4) is 0 Å². The standard InChI is InChI=1S/C12H10ClN2/c1-2-9-8-10-11(13)4-3-5-12(10)15(9)7-6-14/h3-5,8H,1-2,7H2. The van der Waals surface area contributed by atoms with Crippen molar-refractivity contribution in [3.63, 3.8) is 0 Å². The summed E-state index contributed by atoms with van der Waals surface area (Å²) in [5.74, 6) is 0. The maximum atomic E-state index is 8.76. The summed E-state index contributed by atoms with van der Waals surface area (Å²) in [5, 5.41) is 10.5. The maximum Gasteiger partial charge on any atom is 0.110 e. The van der Waals surface area contributed by atoms with Gasteiger partial charge >= 0.3 is 0 Å². The van der Waals surface area contributed by atoms with Crippen LogP contribution >= 0.6 is 11.6 Å². The Bertz CT molecular complexity index is 534. The SMILES string of the molecule is [CH2]Cc1cc2c(Cl)cccc2n1CC#N. The van der Waals surface area contributed by atoms with E-state index in [1.54, 1.807) is 0 Å². The second kappa shape index (κ2) is 3.96. The minimum atomic E-state index is 0.342. The number of halogens is 1. The number of aromatic nitrogens is 1. The van der Waals surface area contributed by atoms with Gasteiger partial charge < -0.3 is 4.57 Å². The van der Waals surface area contributed by atoms with Gasteiger partial charge in [-0.1, -0.05) is 17.7 Å². The number of hydrogen-bond donors (Lipinski definition) is 0. The number of rotatable bonds is 2. The third-order valence-corrected chi connectivity index (χ3v) is 2.79. The Morgan fingerprint density at radius 1 is 1.47 bits per heavy atom. The molecule has 0 saturated heterocycles. The van der Waals surface area contributed by atoms with Crippen LogP contribution in [0.1, 0.15) is 5.69 Å². The molecule has 1 heterocycles. The van der Waals surface area contributed by atoms with Crippen molar-refractivity contribution in [2.45, 2.75) is 13.0 Å². The lowest BCUT2D eigenvalue weighted by Gasteiger charge is -2.03. The van der Waals surface area contributed by atoms with Gasteiger partial charge in [0.15, 0.2) is 0 Å². The molecule has 0 bridgehead atoms. The van der Waals surface area contributed by atoms with Crippen LogP contribution in [0.4, 0.5) is 0 Å². The van der Waals surface area contributed by atoms with Crippen LogP contribution in [0.15, 0.2) is 24.3 Å². The topological polar surface area (TPSA) is 28.7 Å². The lowest BCUT2D eigenvalue weighted by atomic mass is 10.2. The third-order valence-electron chi connectivity index (χ3n) is 2.46. The number of benzene rings is 1. The molecule has 0 fully saturated rings. The predicted octanol–water partition coefficient (Wildman–Crippen LogP) is 3.19. The molecule has 0 unspecified atom stereocenters. The van der Waals surface area contributed by atoms with Gasteiger partial charge in [0.1, 0.15) is 6.54 Å². The van der Waals surface area contributed by atoms with Crippen LogP contribution in [-0.2, 0) is 13.0 Å². The van der Waals surface area contributed by atoms with E-state index >= 15 is 0 Å². The van der Waals surface area contributed by atoms with E-state index in [0.29, 0.717) is 13.0 Å². The predicted molar refractivity (Wildman–Crippen MR) is 61.6 cm³/mol. The summed E-state index contributed by atoms with van der Waals surface area (Å²) in [7, 11) is 0. The number of nitrogens with zero attached hydrogens (tertiary/aromatic N) is 2. The van der Waals surface area contributed by atoms with Gasteiger partial charge in [-0.25, -0.2) is 0 Å². The molecule has 0 aliphatic rings. The Labute approximate surface area is 93.7 Å². The van der Waals surface area contributed by atoms with E-state index in [9.17, 15) is 0 Å². The molecule has 0 aliphatic carbocycles. The summed E-state index contributed by atoms with van der Waals surface area (Å²) in [5.41, 5.74) is 2.04. The van der Waals surface area contributed by atoms with Gasteiger partial charge in [0, 0.05) is 16.1 Å². The molecule has 1 radical (unpaired) electrons. The Kier molecular flexibility index (Phi) is 2.66. The number of nitriles is 1. The van der Waals surface area contributed by atoms with Crippen molar-refractivity contribution in [1.29, 1.82) is 5.26 Å². The average molecular weight is 218 g/mol. The molecule has 1 aromatic carbocycles. The van der Waals surface area contributed by atoms with Crippen LogP contribution in [0.2, 0.25) is 5.02 Å². The van der Waals surface area contributed by atoms with Crippen molar-refractivity contribution in [2.75, 3.05) is 0 Å². The fraction of sp³-hybridized carbons (Fsp3) is 0.167. The first kappa shape index (κ1) is 10.1. The Morgan fingerprint density at radius 2 is 2.27 bits per heavy atom. The Balaban J connectivity index is 2.75. The molecule has 0 atom stereocenters. The van der Waals surface area contributed by atoms with E-state index in [-0.39, 0.29) is 0 Å². The van der Waals surface area contributed by atoms with E-state index in [4.69, 9.17) is 16.9 Å². The first-order chi connectivity index (χ1) is 7.27. The highest BCUT2D eigenvalue weighted by Gasteiger charge is 2.08. The van der Waals surface area contributed by atoms with Gasteiger partial charge in [0.2, 0.25) is 0 Å². The van der Waals surface area contributed by atoms with E-state index in [0.717, 1.165) is 21.6 Å². The minimum Gasteiger partial charge on any atom is -0.331 e. The summed E-state index contributed by atoms with van der Waals surface area (Å²) in [6.45, 7) is 4.19. The Morgan fingerprint density at radius 3 is 2.93 bits per heavy atom. The Hall–Kier alpha value is -1.46.